The zero-order chi connectivity index (χ0) is 31.3. The van der Waals surface area contributed by atoms with Crippen molar-refractivity contribution in [3.05, 3.63) is 162 Å². The van der Waals surface area contributed by atoms with Crippen LogP contribution in [0.5, 0.6) is 0 Å². The van der Waals surface area contributed by atoms with Crippen molar-refractivity contribution in [2.24, 2.45) is 0 Å². The van der Waals surface area contributed by atoms with E-state index >= 15 is 0 Å². The molecule has 47 heavy (non-hydrogen) atoms. The van der Waals surface area contributed by atoms with E-state index in [1.807, 2.05) is 60.7 Å². The van der Waals surface area contributed by atoms with E-state index in [1.165, 1.54) is 49.7 Å². The summed E-state index contributed by atoms with van der Waals surface area (Å²) in [6, 6.07) is 55.1. The number of fused-ring (bicyclic) bond motifs is 3. The van der Waals surface area contributed by atoms with Crippen LogP contribution < -0.4 is 0 Å². The zero-order valence-electron chi connectivity index (χ0n) is 25.2. The van der Waals surface area contributed by atoms with Gasteiger partial charge in [-0.3, -0.25) is 0 Å². The summed E-state index contributed by atoms with van der Waals surface area (Å²) in [6.45, 7) is 0. The van der Waals surface area contributed by atoms with Crippen LogP contribution in [-0.4, -0.2) is 15.0 Å². The van der Waals surface area contributed by atoms with Gasteiger partial charge in [0.25, 0.3) is 0 Å². The summed E-state index contributed by atoms with van der Waals surface area (Å²) in [6.07, 6.45) is 0. The summed E-state index contributed by atoms with van der Waals surface area (Å²) in [5, 5.41) is 2.57. The largest absolute Gasteiger partial charge is 0.208 e. The fraction of sp³-hybridized carbons (Fsp3) is 0. The minimum atomic E-state index is 0.644. The van der Waals surface area contributed by atoms with Crippen molar-refractivity contribution in [2.45, 2.75) is 0 Å². The predicted molar refractivity (Wildman–Crippen MR) is 197 cm³/mol. The summed E-state index contributed by atoms with van der Waals surface area (Å²) < 4.78 is 1.06. The molecule has 0 N–H and O–H groups in total. The van der Waals surface area contributed by atoms with Crippen molar-refractivity contribution in [3.8, 4) is 78.7 Å². The van der Waals surface area contributed by atoms with Crippen LogP contribution >= 0.6 is 15.9 Å². The molecule has 1 aliphatic rings. The molecule has 0 saturated heterocycles. The van der Waals surface area contributed by atoms with Gasteiger partial charge in [0.1, 0.15) is 0 Å². The first-order valence-electron chi connectivity index (χ1n) is 15.6. The molecule has 0 amide bonds. The molecular weight excluding hydrogens is 638 g/mol. The number of nitrogens with zero attached hydrogens (tertiary/aromatic N) is 3. The second-order valence-electron chi connectivity index (χ2n) is 11.7. The van der Waals surface area contributed by atoms with E-state index in [0.29, 0.717) is 17.5 Å². The van der Waals surface area contributed by atoms with Crippen LogP contribution in [0, 0.1) is 0 Å². The quantitative estimate of drug-likeness (QED) is 0.184. The molecule has 1 aromatic heterocycles. The van der Waals surface area contributed by atoms with Crippen molar-refractivity contribution >= 4 is 26.7 Å². The first kappa shape index (κ1) is 27.6. The van der Waals surface area contributed by atoms with Crippen LogP contribution in [0.3, 0.4) is 0 Å². The second-order valence-corrected chi connectivity index (χ2v) is 12.6. The highest BCUT2D eigenvalue weighted by Gasteiger charge is 2.29. The monoisotopic (exact) mass is 663 g/mol. The number of halogens is 1. The molecule has 0 unspecified atom stereocenters. The molecule has 220 valence electrons. The molecule has 1 heterocycles. The molecule has 1 aliphatic carbocycles. The van der Waals surface area contributed by atoms with Crippen molar-refractivity contribution in [2.75, 3.05) is 0 Å². The van der Waals surface area contributed by atoms with Crippen molar-refractivity contribution in [1.29, 1.82) is 0 Å². The molecule has 0 saturated carbocycles. The van der Waals surface area contributed by atoms with Gasteiger partial charge in [-0.25, -0.2) is 15.0 Å². The van der Waals surface area contributed by atoms with E-state index in [4.69, 9.17) is 15.0 Å². The molecule has 0 radical (unpaired) electrons. The lowest BCUT2D eigenvalue weighted by atomic mass is 9.87. The lowest BCUT2D eigenvalue weighted by Crippen LogP contribution is -2.00. The molecule has 4 heteroatoms. The van der Waals surface area contributed by atoms with Gasteiger partial charge < -0.3 is 0 Å². The molecule has 0 aliphatic heterocycles. The standard InChI is InChI=1S/C43H26BrN3/c44-36-26-35(27-12-4-1-5-13-27)39-33-20-10-18-28-19-11-21-34(37(28)33)40(39)38(36)29-22-24-32(25-23-29)43-46-41(30-14-6-2-7-15-30)45-42(47-43)31-16-8-3-9-17-31/h1-26H. The Kier molecular flexibility index (Phi) is 6.61. The summed E-state index contributed by atoms with van der Waals surface area (Å²) >= 11 is 4.03. The third-order valence-corrected chi connectivity index (χ3v) is 9.56. The van der Waals surface area contributed by atoms with Gasteiger partial charge in [-0.05, 0) is 55.8 Å². The Balaban J connectivity index is 1.22. The fourth-order valence-corrected chi connectivity index (χ4v) is 7.46. The maximum atomic E-state index is 4.94. The number of rotatable bonds is 5. The van der Waals surface area contributed by atoms with E-state index < -0.39 is 0 Å². The number of aromatic nitrogens is 3. The van der Waals surface area contributed by atoms with Gasteiger partial charge >= 0.3 is 0 Å². The highest BCUT2D eigenvalue weighted by atomic mass is 79.9. The Bertz CT molecular complexity index is 2380. The molecule has 0 spiro atoms. The van der Waals surface area contributed by atoms with E-state index in [1.54, 1.807) is 0 Å². The zero-order valence-corrected chi connectivity index (χ0v) is 26.8. The lowest BCUT2D eigenvalue weighted by molar-refractivity contribution is 1.07. The minimum absolute atomic E-state index is 0.644. The van der Waals surface area contributed by atoms with Crippen LogP contribution in [0.4, 0.5) is 0 Å². The molecule has 3 nitrogen and oxygen atoms in total. The molecule has 8 aromatic rings. The molecule has 0 bridgehead atoms. The third-order valence-electron chi connectivity index (χ3n) is 8.94. The molecule has 0 fully saturated rings. The van der Waals surface area contributed by atoms with E-state index in [9.17, 15) is 0 Å². The van der Waals surface area contributed by atoms with Crippen molar-refractivity contribution in [3.63, 3.8) is 0 Å². The second kappa shape index (κ2) is 11.3. The Morgan fingerprint density at radius 1 is 0.340 bits per heavy atom. The molecule has 7 aromatic carbocycles. The Morgan fingerprint density at radius 3 is 1.32 bits per heavy atom. The lowest BCUT2D eigenvalue weighted by Gasteiger charge is -2.18. The van der Waals surface area contributed by atoms with E-state index in [2.05, 4.69) is 113 Å². The summed E-state index contributed by atoms with van der Waals surface area (Å²) in [5.74, 6) is 1.95. The van der Waals surface area contributed by atoms with Gasteiger partial charge in [0.05, 0.1) is 0 Å². The third kappa shape index (κ3) is 4.68. The normalized spacial score (nSPS) is 11.5. The topological polar surface area (TPSA) is 38.7 Å². The fourth-order valence-electron chi connectivity index (χ4n) is 6.81. The molecule has 0 atom stereocenters. The Hall–Kier alpha value is -5.71. The van der Waals surface area contributed by atoms with Gasteiger partial charge in [0.2, 0.25) is 0 Å². The van der Waals surface area contributed by atoms with Crippen LogP contribution in [0.15, 0.2) is 162 Å². The highest BCUT2D eigenvalue weighted by molar-refractivity contribution is 9.10. The van der Waals surface area contributed by atoms with Gasteiger partial charge in [-0.2, -0.15) is 0 Å². The van der Waals surface area contributed by atoms with Gasteiger partial charge in [0.15, 0.2) is 17.5 Å². The molecular formula is C43H26BrN3. The average molecular weight is 665 g/mol. The summed E-state index contributed by atoms with van der Waals surface area (Å²) in [5.41, 5.74) is 12.7. The van der Waals surface area contributed by atoms with Crippen molar-refractivity contribution in [1.82, 2.24) is 15.0 Å². The van der Waals surface area contributed by atoms with Gasteiger partial charge in [0, 0.05) is 26.7 Å². The smallest absolute Gasteiger partial charge is 0.164 e. The highest BCUT2D eigenvalue weighted by Crippen LogP contribution is 2.56. The van der Waals surface area contributed by atoms with Crippen molar-refractivity contribution < 1.29 is 0 Å². The van der Waals surface area contributed by atoms with Crippen LogP contribution in [0.1, 0.15) is 0 Å². The predicted octanol–water partition coefficient (Wildman–Crippen LogP) is 11.8. The molecule has 9 rings (SSSR count). The maximum absolute atomic E-state index is 4.94. The summed E-state index contributed by atoms with van der Waals surface area (Å²) in [7, 11) is 0. The number of hydrogen-bond donors (Lipinski definition) is 0. The van der Waals surface area contributed by atoms with Crippen LogP contribution in [-0.2, 0) is 0 Å². The number of benzene rings is 7. The Morgan fingerprint density at radius 2 is 0.787 bits per heavy atom. The minimum Gasteiger partial charge on any atom is -0.208 e. The maximum Gasteiger partial charge on any atom is 0.164 e. The van der Waals surface area contributed by atoms with Gasteiger partial charge in [-0.1, -0.05) is 168 Å². The number of hydrogen-bond acceptors (Lipinski definition) is 3. The van der Waals surface area contributed by atoms with E-state index in [0.717, 1.165) is 26.7 Å². The SMILES string of the molecule is Brc1cc(-c2ccccc2)c2c(c1-c1ccc(-c3nc(-c4ccccc4)nc(-c4ccccc4)n3)cc1)-c1cccc3cccc-2c13. The summed E-state index contributed by atoms with van der Waals surface area (Å²) in [4.78, 5) is 14.7. The van der Waals surface area contributed by atoms with Crippen LogP contribution in [0.25, 0.3) is 89.4 Å². The van der Waals surface area contributed by atoms with E-state index in [-0.39, 0.29) is 0 Å². The first-order valence-corrected chi connectivity index (χ1v) is 16.4. The van der Waals surface area contributed by atoms with Gasteiger partial charge in [-0.15, -0.1) is 0 Å². The first-order chi connectivity index (χ1) is 23.2. The van der Waals surface area contributed by atoms with Crippen LogP contribution in [0.2, 0.25) is 0 Å². The Labute approximate surface area is 281 Å². The average Bonchev–Trinajstić information content (AvgIpc) is 3.48.